The summed E-state index contributed by atoms with van der Waals surface area (Å²) in [4.78, 5) is 23.4. The van der Waals surface area contributed by atoms with Crippen molar-refractivity contribution < 1.29 is 19.6 Å². The summed E-state index contributed by atoms with van der Waals surface area (Å²) in [5, 5.41) is 0. The molecule has 2 spiro atoms. The average Bonchev–Trinajstić information content (AvgIpc) is 2.45. The second-order valence-corrected chi connectivity index (χ2v) is 7.27. The lowest BCUT2D eigenvalue weighted by Gasteiger charge is -2.52. The summed E-state index contributed by atoms with van der Waals surface area (Å²) in [6, 6.07) is 0. The van der Waals surface area contributed by atoms with Crippen LogP contribution in [0.3, 0.4) is 0 Å². The van der Waals surface area contributed by atoms with Crippen molar-refractivity contribution in [2.75, 3.05) is 0 Å². The largest absolute Gasteiger partial charge is 0.237 e. The first-order valence-corrected chi connectivity index (χ1v) is 8.23. The second kappa shape index (κ2) is 5.24. The Labute approximate surface area is 122 Å². The molecule has 1 aliphatic heterocycles. The molecule has 1 heterocycles. The molecule has 116 valence electrons. The second-order valence-electron chi connectivity index (χ2n) is 7.27. The lowest BCUT2D eigenvalue weighted by molar-refractivity contribution is -0.676. The summed E-state index contributed by atoms with van der Waals surface area (Å²) in [7, 11) is 0. The van der Waals surface area contributed by atoms with Gasteiger partial charge in [0, 0.05) is 24.7 Å². The predicted octanol–water partition coefficient (Wildman–Crippen LogP) is 4.20. The van der Waals surface area contributed by atoms with E-state index in [1.165, 1.54) is 12.8 Å². The van der Waals surface area contributed by atoms with Crippen LogP contribution in [0.5, 0.6) is 0 Å². The van der Waals surface area contributed by atoms with Gasteiger partial charge in [0.1, 0.15) is 0 Å². The third-order valence-corrected chi connectivity index (χ3v) is 6.11. The van der Waals surface area contributed by atoms with Gasteiger partial charge in [-0.1, -0.05) is 40.5 Å². The number of hydrogen-bond acceptors (Lipinski definition) is 4. The smallest absolute Gasteiger partial charge is 0.195 e. The van der Waals surface area contributed by atoms with Crippen LogP contribution < -0.4 is 0 Å². The van der Waals surface area contributed by atoms with Gasteiger partial charge in [-0.2, -0.15) is 19.6 Å². The van der Waals surface area contributed by atoms with Gasteiger partial charge >= 0.3 is 0 Å². The highest BCUT2D eigenvalue weighted by molar-refractivity contribution is 4.88. The van der Waals surface area contributed by atoms with Crippen molar-refractivity contribution in [1.82, 2.24) is 0 Å². The first-order chi connectivity index (χ1) is 9.49. The van der Waals surface area contributed by atoms with E-state index in [9.17, 15) is 0 Å². The first-order valence-electron chi connectivity index (χ1n) is 8.23. The zero-order valence-electron chi connectivity index (χ0n) is 13.2. The summed E-state index contributed by atoms with van der Waals surface area (Å²) < 4.78 is 0. The molecule has 3 aliphatic rings. The van der Waals surface area contributed by atoms with E-state index in [0.29, 0.717) is 11.8 Å². The molecule has 0 radical (unpaired) electrons. The molecule has 1 saturated heterocycles. The quantitative estimate of drug-likeness (QED) is 0.625. The maximum absolute atomic E-state index is 5.85. The lowest BCUT2D eigenvalue weighted by atomic mass is 9.76. The van der Waals surface area contributed by atoms with Gasteiger partial charge in [0.2, 0.25) is 11.6 Å². The third kappa shape index (κ3) is 2.21. The van der Waals surface area contributed by atoms with Gasteiger partial charge in [-0.25, -0.2) is 0 Å². The van der Waals surface area contributed by atoms with Crippen LogP contribution in [0.1, 0.15) is 66.2 Å². The monoisotopic (exact) mass is 284 g/mol. The van der Waals surface area contributed by atoms with Gasteiger partial charge in [0.05, 0.1) is 0 Å². The number of hydrogen-bond donors (Lipinski definition) is 0. The fourth-order valence-electron chi connectivity index (χ4n) is 3.94. The van der Waals surface area contributed by atoms with Gasteiger partial charge in [0.25, 0.3) is 0 Å². The molecule has 0 N–H and O–H groups in total. The number of rotatable bonds is 0. The minimum atomic E-state index is -0.705. The van der Waals surface area contributed by atoms with Gasteiger partial charge in [-0.3, -0.25) is 0 Å². The molecular weight excluding hydrogens is 256 g/mol. The Balaban J connectivity index is 1.72. The molecular formula is C16H28O4. The first kappa shape index (κ1) is 14.8. The van der Waals surface area contributed by atoms with Crippen LogP contribution in [0, 0.1) is 23.7 Å². The Morgan fingerprint density at radius 3 is 1.35 bits per heavy atom. The Morgan fingerprint density at radius 1 is 0.650 bits per heavy atom. The van der Waals surface area contributed by atoms with E-state index in [0.717, 1.165) is 25.7 Å². The topological polar surface area (TPSA) is 36.9 Å². The summed E-state index contributed by atoms with van der Waals surface area (Å²) in [6.45, 7) is 8.82. The van der Waals surface area contributed by atoms with Crippen LogP contribution in [-0.4, -0.2) is 11.6 Å². The fraction of sp³-hybridized carbons (Fsp3) is 1.00. The maximum Gasteiger partial charge on any atom is 0.237 e. The summed E-state index contributed by atoms with van der Waals surface area (Å²) >= 11 is 0. The molecule has 3 fully saturated rings. The standard InChI is InChI=1S/C16H28O4/c1-11-7-5-9-15(13(11)3)17-19-16(20-18-15)10-6-8-12(2)14(16)4/h11-14H,5-10H2,1-4H3/t11-,12+,13-,14-,15?,16?/m1/s1. The molecule has 4 nitrogen and oxygen atoms in total. The Kier molecular flexibility index (Phi) is 3.87. The van der Waals surface area contributed by atoms with Crippen molar-refractivity contribution in [2.24, 2.45) is 23.7 Å². The summed E-state index contributed by atoms with van der Waals surface area (Å²) in [5.74, 6) is 0.280. The van der Waals surface area contributed by atoms with Crippen molar-refractivity contribution in [3.63, 3.8) is 0 Å². The molecule has 4 heteroatoms. The average molecular weight is 284 g/mol. The van der Waals surface area contributed by atoms with E-state index in [2.05, 4.69) is 27.7 Å². The van der Waals surface area contributed by atoms with E-state index < -0.39 is 11.6 Å². The van der Waals surface area contributed by atoms with E-state index >= 15 is 0 Å². The van der Waals surface area contributed by atoms with Crippen LogP contribution in [0.2, 0.25) is 0 Å². The minimum Gasteiger partial charge on any atom is -0.195 e. The fourth-order valence-corrected chi connectivity index (χ4v) is 3.94. The van der Waals surface area contributed by atoms with Gasteiger partial charge in [-0.15, -0.1) is 0 Å². The van der Waals surface area contributed by atoms with Crippen LogP contribution in [0.25, 0.3) is 0 Å². The SMILES string of the molecule is C[C@@H]1CCCC2(OOC3(CCC[C@H](C)[C@H]3C)OO2)[C@@H]1C. The molecule has 2 saturated carbocycles. The summed E-state index contributed by atoms with van der Waals surface area (Å²) in [6.07, 6.45) is 6.31. The molecule has 0 unspecified atom stereocenters. The molecule has 0 aromatic heterocycles. The zero-order valence-corrected chi connectivity index (χ0v) is 13.2. The molecule has 2 aliphatic carbocycles. The van der Waals surface area contributed by atoms with E-state index in [-0.39, 0.29) is 11.8 Å². The van der Waals surface area contributed by atoms with Gasteiger partial charge < -0.3 is 0 Å². The molecule has 0 amide bonds. The van der Waals surface area contributed by atoms with Crippen LogP contribution in [-0.2, 0) is 19.6 Å². The highest BCUT2D eigenvalue weighted by Crippen LogP contribution is 2.50. The van der Waals surface area contributed by atoms with Gasteiger partial charge in [0.15, 0.2) is 0 Å². The molecule has 4 atom stereocenters. The molecule has 0 aromatic rings. The normalized spacial score (nSPS) is 53.4. The van der Waals surface area contributed by atoms with Crippen molar-refractivity contribution in [2.45, 2.75) is 77.8 Å². The van der Waals surface area contributed by atoms with E-state index in [1.807, 2.05) is 0 Å². The molecule has 0 bridgehead atoms. The van der Waals surface area contributed by atoms with Crippen molar-refractivity contribution in [3.8, 4) is 0 Å². The molecule has 20 heavy (non-hydrogen) atoms. The third-order valence-electron chi connectivity index (χ3n) is 6.11. The van der Waals surface area contributed by atoms with Crippen molar-refractivity contribution in [3.05, 3.63) is 0 Å². The Hall–Kier alpha value is -0.160. The van der Waals surface area contributed by atoms with Crippen LogP contribution in [0.4, 0.5) is 0 Å². The van der Waals surface area contributed by atoms with Crippen molar-refractivity contribution in [1.29, 1.82) is 0 Å². The van der Waals surface area contributed by atoms with E-state index in [1.54, 1.807) is 0 Å². The molecule has 3 rings (SSSR count). The zero-order chi connectivity index (χ0) is 14.4. The van der Waals surface area contributed by atoms with Crippen LogP contribution in [0.15, 0.2) is 0 Å². The molecule has 0 aromatic carbocycles. The highest BCUT2D eigenvalue weighted by atomic mass is 17.4. The maximum atomic E-state index is 5.85. The predicted molar refractivity (Wildman–Crippen MR) is 74.2 cm³/mol. The minimum absolute atomic E-state index is 0.282. The van der Waals surface area contributed by atoms with E-state index in [4.69, 9.17) is 19.6 Å². The lowest BCUT2D eigenvalue weighted by Crippen LogP contribution is -2.59. The van der Waals surface area contributed by atoms with Gasteiger partial charge in [-0.05, 0) is 24.7 Å². The summed E-state index contributed by atoms with van der Waals surface area (Å²) in [5.41, 5.74) is 0. The Morgan fingerprint density at radius 2 is 1.00 bits per heavy atom. The highest BCUT2D eigenvalue weighted by Gasteiger charge is 2.57. The Bertz CT molecular complexity index is 314. The van der Waals surface area contributed by atoms with Crippen molar-refractivity contribution >= 4 is 0 Å². The van der Waals surface area contributed by atoms with Crippen LogP contribution >= 0.6 is 0 Å².